The van der Waals surface area contributed by atoms with E-state index < -0.39 is 12.0 Å². The molecule has 1 aromatic carbocycles. The molecule has 0 spiro atoms. The van der Waals surface area contributed by atoms with Crippen LogP contribution in [-0.2, 0) is 10.9 Å². The highest BCUT2D eigenvalue weighted by atomic mass is 19.4. The maximum absolute atomic E-state index is 13.1. The Balaban J connectivity index is 2.26. The Morgan fingerprint density at radius 1 is 1.09 bits per heavy atom. The lowest BCUT2D eigenvalue weighted by molar-refractivity contribution is -0.144. The van der Waals surface area contributed by atoms with Gasteiger partial charge < -0.3 is 9.64 Å². The summed E-state index contributed by atoms with van der Waals surface area (Å²) >= 11 is 0. The lowest BCUT2D eigenvalue weighted by Gasteiger charge is -2.29. The van der Waals surface area contributed by atoms with Crippen molar-refractivity contribution >= 4 is 16.7 Å². The first-order valence-electron chi connectivity index (χ1n) is 7.05. The number of hydrogen-bond donors (Lipinski definition) is 0. The van der Waals surface area contributed by atoms with Gasteiger partial charge in [0.15, 0.2) is 0 Å². The molecule has 1 aliphatic heterocycles. The fourth-order valence-corrected chi connectivity index (χ4v) is 2.71. The van der Waals surface area contributed by atoms with E-state index in [-0.39, 0.29) is 0 Å². The van der Waals surface area contributed by atoms with E-state index in [2.05, 4.69) is 9.97 Å². The lowest BCUT2D eigenvalue weighted by atomic mass is 10.1. The number of aromatic nitrogens is 2. The molecule has 118 valence electrons. The Morgan fingerprint density at radius 3 is 2.41 bits per heavy atom. The van der Waals surface area contributed by atoms with Gasteiger partial charge in [-0.15, -0.1) is 0 Å². The van der Waals surface area contributed by atoms with Gasteiger partial charge >= 0.3 is 6.18 Å². The topological polar surface area (TPSA) is 38.2 Å². The van der Waals surface area contributed by atoms with Crippen molar-refractivity contribution in [2.75, 3.05) is 31.2 Å². The Morgan fingerprint density at radius 2 is 1.77 bits per heavy atom. The molecule has 2 heterocycles. The van der Waals surface area contributed by atoms with Gasteiger partial charge in [0.05, 0.1) is 18.7 Å². The van der Waals surface area contributed by atoms with Crippen molar-refractivity contribution in [3.8, 4) is 0 Å². The standard InChI is InChI=1S/C15H16F3N3O/c1-9-7-10(2)12-11(8-9)13(21-3-5-22-6-4-21)20-14(19-12)15(16,17)18/h7-8H,3-6H2,1-2H3. The molecule has 1 aliphatic rings. The third kappa shape index (κ3) is 2.72. The molecule has 1 fully saturated rings. The summed E-state index contributed by atoms with van der Waals surface area (Å²) in [7, 11) is 0. The maximum atomic E-state index is 13.1. The van der Waals surface area contributed by atoms with Crippen molar-refractivity contribution in [1.82, 2.24) is 9.97 Å². The SMILES string of the molecule is Cc1cc(C)c2nc(C(F)(F)F)nc(N3CCOCC3)c2c1. The van der Waals surface area contributed by atoms with Gasteiger partial charge in [0, 0.05) is 18.5 Å². The zero-order valence-electron chi connectivity index (χ0n) is 12.4. The molecule has 0 atom stereocenters. The molecule has 1 saturated heterocycles. The third-order valence-corrected chi connectivity index (χ3v) is 3.68. The van der Waals surface area contributed by atoms with Crippen LogP contribution in [0.25, 0.3) is 10.9 Å². The average molecular weight is 311 g/mol. The normalized spacial score (nSPS) is 16.3. The van der Waals surface area contributed by atoms with Crippen LogP contribution in [0.15, 0.2) is 12.1 Å². The molecule has 0 N–H and O–H groups in total. The monoisotopic (exact) mass is 311 g/mol. The summed E-state index contributed by atoms with van der Waals surface area (Å²) in [6.45, 7) is 5.70. The van der Waals surface area contributed by atoms with Crippen LogP contribution in [0, 0.1) is 13.8 Å². The number of rotatable bonds is 1. The van der Waals surface area contributed by atoms with Crippen LogP contribution in [0.3, 0.4) is 0 Å². The maximum Gasteiger partial charge on any atom is 0.451 e. The molecule has 0 radical (unpaired) electrons. The first-order chi connectivity index (χ1) is 10.4. The Bertz CT molecular complexity index is 709. The molecule has 1 aromatic heterocycles. The first-order valence-corrected chi connectivity index (χ1v) is 7.05. The van der Waals surface area contributed by atoms with E-state index in [9.17, 15) is 13.2 Å². The van der Waals surface area contributed by atoms with Gasteiger partial charge in [-0.2, -0.15) is 13.2 Å². The van der Waals surface area contributed by atoms with E-state index >= 15 is 0 Å². The summed E-state index contributed by atoms with van der Waals surface area (Å²) < 4.78 is 44.6. The van der Waals surface area contributed by atoms with E-state index in [1.807, 2.05) is 24.0 Å². The zero-order valence-corrected chi connectivity index (χ0v) is 12.4. The van der Waals surface area contributed by atoms with Crippen LogP contribution in [0.5, 0.6) is 0 Å². The largest absolute Gasteiger partial charge is 0.451 e. The number of aryl methyl sites for hydroxylation is 2. The van der Waals surface area contributed by atoms with Gasteiger partial charge in [-0.3, -0.25) is 0 Å². The number of hydrogen-bond acceptors (Lipinski definition) is 4. The zero-order chi connectivity index (χ0) is 15.9. The number of anilines is 1. The van der Waals surface area contributed by atoms with E-state index in [0.717, 1.165) is 11.1 Å². The van der Waals surface area contributed by atoms with Crippen LogP contribution in [0.4, 0.5) is 19.0 Å². The minimum atomic E-state index is -4.56. The fourth-order valence-electron chi connectivity index (χ4n) is 2.71. The Hall–Kier alpha value is -1.89. The quantitative estimate of drug-likeness (QED) is 0.811. The number of benzene rings is 1. The summed E-state index contributed by atoms with van der Waals surface area (Å²) in [5.74, 6) is -0.749. The van der Waals surface area contributed by atoms with Crippen LogP contribution >= 0.6 is 0 Å². The minimum absolute atomic E-state index is 0.340. The molecule has 0 bridgehead atoms. The van der Waals surface area contributed by atoms with Gasteiger partial charge in [0.25, 0.3) is 0 Å². The van der Waals surface area contributed by atoms with Crippen LogP contribution in [-0.4, -0.2) is 36.3 Å². The molecule has 22 heavy (non-hydrogen) atoms. The second-order valence-corrected chi connectivity index (χ2v) is 5.45. The summed E-state index contributed by atoms with van der Waals surface area (Å²) in [5, 5.41) is 0.660. The minimum Gasteiger partial charge on any atom is -0.378 e. The highest BCUT2D eigenvalue weighted by Crippen LogP contribution is 2.33. The van der Waals surface area contributed by atoms with Crippen LogP contribution in [0.1, 0.15) is 17.0 Å². The summed E-state index contributed by atoms with van der Waals surface area (Å²) in [6, 6.07) is 3.67. The van der Waals surface area contributed by atoms with E-state index in [4.69, 9.17) is 4.74 Å². The van der Waals surface area contributed by atoms with Gasteiger partial charge in [0.2, 0.25) is 5.82 Å². The molecule has 0 aliphatic carbocycles. The second-order valence-electron chi connectivity index (χ2n) is 5.45. The molecule has 2 aromatic rings. The van der Waals surface area contributed by atoms with E-state index in [1.54, 1.807) is 6.92 Å². The number of nitrogens with zero attached hydrogens (tertiary/aromatic N) is 3. The van der Waals surface area contributed by atoms with E-state index in [1.165, 1.54) is 0 Å². The van der Waals surface area contributed by atoms with Crippen LogP contribution < -0.4 is 4.90 Å². The summed E-state index contributed by atoms with van der Waals surface area (Å²) in [4.78, 5) is 9.40. The number of fused-ring (bicyclic) bond motifs is 1. The van der Waals surface area contributed by atoms with Crippen molar-refractivity contribution < 1.29 is 17.9 Å². The lowest BCUT2D eigenvalue weighted by Crippen LogP contribution is -2.37. The van der Waals surface area contributed by atoms with Crippen molar-refractivity contribution in [3.05, 3.63) is 29.1 Å². The highest BCUT2D eigenvalue weighted by molar-refractivity contribution is 5.92. The molecule has 0 amide bonds. The number of alkyl halides is 3. The van der Waals surface area contributed by atoms with Crippen LogP contribution in [0.2, 0.25) is 0 Å². The molecule has 7 heteroatoms. The Kier molecular flexibility index (Phi) is 3.68. The molecule has 3 rings (SSSR count). The Labute approximate surface area is 125 Å². The van der Waals surface area contributed by atoms with Gasteiger partial charge in [-0.25, -0.2) is 9.97 Å². The smallest absolute Gasteiger partial charge is 0.378 e. The predicted octanol–water partition coefficient (Wildman–Crippen LogP) is 3.10. The molecule has 4 nitrogen and oxygen atoms in total. The van der Waals surface area contributed by atoms with Gasteiger partial charge in [0.1, 0.15) is 5.82 Å². The number of ether oxygens (including phenoxy) is 1. The molecule has 0 saturated carbocycles. The molecular formula is C15H16F3N3O. The summed E-state index contributed by atoms with van der Waals surface area (Å²) in [5.41, 5.74) is 2.05. The fraction of sp³-hybridized carbons (Fsp3) is 0.467. The van der Waals surface area contributed by atoms with Crippen molar-refractivity contribution in [2.24, 2.45) is 0 Å². The van der Waals surface area contributed by atoms with Gasteiger partial charge in [-0.1, -0.05) is 6.07 Å². The number of morpholine rings is 1. The average Bonchev–Trinajstić information content (AvgIpc) is 2.46. The van der Waals surface area contributed by atoms with Crippen molar-refractivity contribution in [2.45, 2.75) is 20.0 Å². The number of halogens is 3. The van der Waals surface area contributed by atoms with Gasteiger partial charge in [-0.05, 0) is 31.0 Å². The molecule has 0 unspecified atom stereocenters. The van der Waals surface area contributed by atoms with Crippen molar-refractivity contribution in [3.63, 3.8) is 0 Å². The highest BCUT2D eigenvalue weighted by Gasteiger charge is 2.36. The first kappa shape index (κ1) is 15.0. The van der Waals surface area contributed by atoms with Crippen molar-refractivity contribution in [1.29, 1.82) is 0 Å². The second kappa shape index (κ2) is 5.39. The predicted molar refractivity (Wildman–Crippen MR) is 77.0 cm³/mol. The summed E-state index contributed by atoms with van der Waals surface area (Å²) in [6.07, 6.45) is -4.56. The third-order valence-electron chi connectivity index (χ3n) is 3.68. The van der Waals surface area contributed by atoms with E-state index in [0.29, 0.717) is 43.0 Å². The molecular weight excluding hydrogens is 295 g/mol.